The second-order valence-electron chi connectivity index (χ2n) is 3.54. The van der Waals surface area contributed by atoms with E-state index in [9.17, 15) is 5.11 Å². The standard InChI is InChI=1S/C9H18N4O/c1-4-7(5-2)8(14)6-9-10-12-13(3)11-9/h7-8,14H,4-6H2,1-3H3. The molecule has 0 amide bonds. The normalized spacial score (nSPS) is 13.5. The maximum absolute atomic E-state index is 9.85. The smallest absolute Gasteiger partial charge is 0.177 e. The van der Waals surface area contributed by atoms with Crippen LogP contribution in [-0.2, 0) is 13.5 Å². The Morgan fingerprint density at radius 2 is 2.00 bits per heavy atom. The highest BCUT2D eigenvalue weighted by molar-refractivity contribution is 4.83. The molecule has 1 heterocycles. The molecule has 1 unspecified atom stereocenters. The predicted octanol–water partition coefficient (Wildman–Crippen LogP) is 0.550. The molecular formula is C9H18N4O. The number of hydrogen-bond donors (Lipinski definition) is 1. The first kappa shape index (κ1) is 11.1. The molecule has 0 aromatic carbocycles. The van der Waals surface area contributed by atoms with Crippen LogP contribution in [0, 0.1) is 5.92 Å². The number of aryl methyl sites for hydroxylation is 1. The molecule has 1 atom stereocenters. The van der Waals surface area contributed by atoms with E-state index in [1.807, 2.05) is 0 Å². The van der Waals surface area contributed by atoms with Crippen molar-refractivity contribution in [3.8, 4) is 0 Å². The fraction of sp³-hybridized carbons (Fsp3) is 0.889. The fourth-order valence-electron chi connectivity index (χ4n) is 1.59. The predicted molar refractivity (Wildman–Crippen MR) is 52.6 cm³/mol. The van der Waals surface area contributed by atoms with Gasteiger partial charge in [0.25, 0.3) is 0 Å². The van der Waals surface area contributed by atoms with Gasteiger partial charge in [-0.1, -0.05) is 26.7 Å². The second kappa shape index (κ2) is 5.05. The van der Waals surface area contributed by atoms with Gasteiger partial charge in [-0.25, -0.2) is 0 Å². The van der Waals surface area contributed by atoms with Crippen LogP contribution in [0.2, 0.25) is 0 Å². The molecule has 0 bridgehead atoms. The molecule has 1 N–H and O–H groups in total. The van der Waals surface area contributed by atoms with Gasteiger partial charge in [-0.05, 0) is 11.1 Å². The van der Waals surface area contributed by atoms with Crippen molar-refractivity contribution in [2.75, 3.05) is 0 Å². The van der Waals surface area contributed by atoms with Crippen molar-refractivity contribution < 1.29 is 5.11 Å². The molecule has 80 valence electrons. The molecule has 0 aliphatic rings. The monoisotopic (exact) mass is 198 g/mol. The average molecular weight is 198 g/mol. The van der Waals surface area contributed by atoms with Crippen LogP contribution in [0.4, 0.5) is 0 Å². The minimum absolute atomic E-state index is 0.332. The summed E-state index contributed by atoms with van der Waals surface area (Å²) in [5.74, 6) is 0.950. The highest BCUT2D eigenvalue weighted by atomic mass is 16.3. The van der Waals surface area contributed by atoms with Gasteiger partial charge in [-0.3, -0.25) is 0 Å². The van der Waals surface area contributed by atoms with Crippen LogP contribution in [0.25, 0.3) is 0 Å². The van der Waals surface area contributed by atoms with E-state index in [2.05, 4.69) is 29.3 Å². The number of aromatic nitrogens is 4. The van der Waals surface area contributed by atoms with Crippen molar-refractivity contribution in [3.05, 3.63) is 5.82 Å². The van der Waals surface area contributed by atoms with E-state index in [1.54, 1.807) is 7.05 Å². The molecule has 0 radical (unpaired) electrons. The van der Waals surface area contributed by atoms with Crippen molar-refractivity contribution in [1.82, 2.24) is 20.2 Å². The van der Waals surface area contributed by atoms with E-state index in [-0.39, 0.29) is 6.10 Å². The fourth-order valence-corrected chi connectivity index (χ4v) is 1.59. The number of aliphatic hydroxyl groups is 1. The summed E-state index contributed by atoms with van der Waals surface area (Å²) in [6, 6.07) is 0. The highest BCUT2D eigenvalue weighted by Crippen LogP contribution is 2.15. The maximum Gasteiger partial charge on any atom is 0.177 e. The summed E-state index contributed by atoms with van der Waals surface area (Å²) in [5.41, 5.74) is 0. The molecule has 0 fully saturated rings. The summed E-state index contributed by atoms with van der Waals surface area (Å²) in [4.78, 5) is 1.41. The lowest BCUT2D eigenvalue weighted by atomic mass is 9.94. The van der Waals surface area contributed by atoms with Gasteiger partial charge >= 0.3 is 0 Å². The Labute approximate surface area is 84.1 Å². The zero-order chi connectivity index (χ0) is 10.6. The third kappa shape index (κ3) is 2.77. The van der Waals surface area contributed by atoms with Crippen LogP contribution >= 0.6 is 0 Å². The third-order valence-electron chi connectivity index (χ3n) is 2.53. The van der Waals surface area contributed by atoms with Gasteiger partial charge in [0.1, 0.15) is 0 Å². The van der Waals surface area contributed by atoms with Crippen molar-refractivity contribution >= 4 is 0 Å². The summed E-state index contributed by atoms with van der Waals surface area (Å²) in [5, 5.41) is 21.5. The molecular weight excluding hydrogens is 180 g/mol. The number of tetrazole rings is 1. The van der Waals surface area contributed by atoms with Crippen LogP contribution in [0.1, 0.15) is 32.5 Å². The summed E-state index contributed by atoms with van der Waals surface area (Å²) < 4.78 is 0. The number of rotatable bonds is 5. The summed E-state index contributed by atoms with van der Waals surface area (Å²) in [6.07, 6.45) is 2.12. The highest BCUT2D eigenvalue weighted by Gasteiger charge is 2.17. The summed E-state index contributed by atoms with van der Waals surface area (Å²) in [7, 11) is 1.72. The number of hydrogen-bond acceptors (Lipinski definition) is 4. The lowest BCUT2D eigenvalue weighted by Gasteiger charge is -2.18. The second-order valence-corrected chi connectivity index (χ2v) is 3.54. The molecule has 0 saturated heterocycles. The quantitative estimate of drug-likeness (QED) is 0.750. The van der Waals surface area contributed by atoms with Crippen LogP contribution in [0.3, 0.4) is 0 Å². The lowest BCUT2D eigenvalue weighted by molar-refractivity contribution is 0.101. The molecule has 14 heavy (non-hydrogen) atoms. The van der Waals surface area contributed by atoms with E-state index in [0.717, 1.165) is 12.8 Å². The molecule has 1 rings (SSSR count). The zero-order valence-corrected chi connectivity index (χ0v) is 9.01. The van der Waals surface area contributed by atoms with Crippen LogP contribution in [0.5, 0.6) is 0 Å². The first-order chi connectivity index (χ1) is 6.67. The van der Waals surface area contributed by atoms with Crippen LogP contribution in [0.15, 0.2) is 0 Å². The Morgan fingerprint density at radius 1 is 1.36 bits per heavy atom. The Balaban J connectivity index is 2.51. The Morgan fingerprint density at radius 3 is 2.43 bits per heavy atom. The first-order valence-electron chi connectivity index (χ1n) is 5.08. The minimum Gasteiger partial charge on any atom is -0.392 e. The molecule has 0 spiro atoms. The van der Waals surface area contributed by atoms with E-state index in [1.165, 1.54) is 4.80 Å². The molecule has 5 heteroatoms. The topological polar surface area (TPSA) is 63.8 Å². The van der Waals surface area contributed by atoms with Crippen LogP contribution < -0.4 is 0 Å². The van der Waals surface area contributed by atoms with Crippen molar-refractivity contribution in [2.24, 2.45) is 13.0 Å². The van der Waals surface area contributed by atoms with Gasteiger partial charge in [0.05, 0.1) is 13.2 Å². The van der Waals surface area contributed by atoms with Gasteiger partial charge in [0.2, 0.25) is 0 Å². The molecule has 0 aliphatic heterocycles. The Kier molecular flexibility index (Phi) is 4.00. The van der Waals surface area contributed by atoms with Gasteiger partial charge in [-0.2, -0.15) is 4.80 Å². The van der Waals surface area contributed by atoms with E-state index in [4.69, 9.17) is 0 Å². The molecule has 0 aliphatic carbocycles. The first-order valence-corrected chi connectivity index (χ1v) is 5.08. The largest absolute Gasteiger partial charge is 0.392 e. The summed E-state index contributed by atoms with van der Waals surface area (Å²) >= 11 is 0. The molecule has 5 nitrogen and oxygen atoms in total. The van der Waals surface area contributed by atoms with Crippen molar-refractivity contribution in [2.45, 2.75) is 39.2 Å². The Hall–Kier alpha value is -0.970. The van der Waals surface area contributed by atoms with Gasteiger partial charge in [-0.15, -0.1) is 10.2 Å². The van der Waals surface area contributed by atoms with E-state index >= 15 is 0 Å². The third-order valence-corrected chi connectivity index (χ3v) is 2.53. The zero-order valence-electron chi connectivity index (χ0n) is 9.01. The minimum atomic E-state index is -0.353. The number of aliphatic hydroxyl groups excluding tert-OH is 1. The van der Waals surface area contributed by atoms with Crippen molar-refractivity contribution in [3.63, 3.8) is 0 Å². The molecule has 0 saturated carbocycles. The van der Waals surface area contributed by atoms with Gasteiger partial charge in [0.15, 0.2) is 5.82 Å². The maximum atomic E-state index is 9.85. The number of nitrogens with zero attached hydrogens (tertiary/aromatic N) is 4. The average Bonchev–Trinajstić information content (AvgIpc) is 2.53. The van der Waals surface area contributed by atoms with Gasteiger partial charge < -0.3 is 5.11 Å². The van der Waals surface area contributed by atoms with Crippen molar-refractivity contribution in [1.29, 1.82) is 0 Å². The lowest BCUT2D eigenvalue weighted by Crippen LogP contribution is -2.22. The summed E-state index contributed by atoms with van der Waals surface area (Å²) in [6.45, 7) is 4.17. The van der Waals surface area contributed by atoms with E-state index < -0.39 is 0 Å². The molecule has 1 aromatic heterocycles. The molecule has 1 aromatic rings. The Bertz CT molecular complexity index is 270. The van der Waals surface area contributed by atoms with Gasteiger partial charge in [0, 0.05) is 6.42 Å². The van der Waals surface area contributed by atoms with E-state index in [0.29, 0.717) is 18.2 Å². The SMILES string of the molecule is CCC(CC)C(O)Cc1nnn(C)n1. The van der Waals surface area contributed by atoms with Crippen LogP contribution in [-0.4, -0.2) is 31.4 Å².